The molecule has 6 nitrogen and oxygen atoms in total. The van der Waals surface area contributed by atoms with E-state index >= 15 is 0 Å². The number of fused-ring (bicyclic) bond motifs is 1. The summed E-state index contributed by atoms with van der Waals surface area (Å²) in [4.78, 5) is 38.7. The number of carbonyl (C=O) groups is 3. The lowest BCUT2D eigenvalue weighted by Gasteiger charge is -2.43. The molecule has 0 bridgehead atoms. The number of ether oxygens (including phenoxy) is 1. The average molecular weight is 374 g/mol. The van der Waals surface area contributed by atoms with Crippen LogP contribution in [0.2, 0.25) is 0 Å². The second-order valence-electron chi connectivity index (χ2n) is 6.89. The predicted octanol–water partition coefficient (Wildman–Crippen LogP) is 1.51. The number of amides is 2. The summed E-state index contributed by atoms with van der Waals surface area (Å²) >= 11 is 1.51. The first-order chi connectivity index (χ1) is 12.3. The number of hydrogen-bond acceptors (Lipinski definition) is 5. The van der Waals surface area contributed by atoms with E-state index in [0.29, 0.717) is 0 Å². The van der Waals surface area contributed by atoms with Crippen molar-refractivity contribution >= 4 is 29.5 Å². The molecule has 2 amide bonds. The Kier molecular flexibility index (Phi) is 5.09. The molecule has 1 aromatic rings. The first-order valence-electron chi connectivity index (χ1n) is 8.46. The van der Waals surface area contributed by atoms with Gasteiger partial charge < -0.3 is 15.0 Å². The van der Waals surface area contributed by atoms with Crippen molar-refractivity contribution in [1.82, 2.24) is 10.2 Å². The summed E-state index contributed by atoms with van der Waals surface area (Å²) in [6.45, 7) is 7.46. The minimum atomic E-state index is -0.660. The Morgan fingerprint density at radius 1 is 1.35 bits per heavy atom. The number of carbonyl (C=O) groups excluding carboxylic acids is 3. The Labute approximate surface area is 157 Å². The van der Waals surface area contributed by atoms with Gasteiger partial charge in [-0.25, -0.2) is 4.79 Å². The quantitative estimate of drug-likeness (QED) is 0.464. The number of esters is 1. The van der Waals surface area contributed by atoms with Crippen LogP contribution in [0.15, 0.2) is 43.0 Å². The maximum atomic E-state index is 12.6. The minimum absolute atomic E-state index is 0.111. The summed E-state index contributed by atoms with van der Waals surface area (Å²) < 4.78 is 4.67. The molecule has 2 aliphatic heterocycles. The molecule has 2 saturated heterocycles. The van der Waals surface area contributed by atoms with Crippen LogP contribution >= 0.6 is 11.8 Å². The average Bonchev–Trinajstić information content (AvgIpc) is 2.86. The Balaban J connectivity index is 1.65. The van der Waals surface area contributed by atoms with Crippen molar-refractivity contribution in [2.75, 3.05) is 6.61 Å². The molecule has 0 aromatic heterocycles. The Bertz CT molecular complexity index is 734. The second-order valence-corrected chi connectivity index (χ2v) is 8.66. The van der Waals surface area contributed by atoms with Crippen molar-refractivity contribution in [3.8, 4) is 0 Å². The lowest BCUT2D eigenvalue weighted by atomic mass is 9.96. The summed E-state index contributed by atoms with van der Waals surface area (Å²) in [5, 5.41) is 2.56. The van der Waals surface area contributed by atoms with Crippen LogP contribution in [0.25, 0.3) is 0 Å². The molecule has 3 rings (SSSR count). The molecule has 0 spiro atoms. The zero-order chi connectivity index (χ0) is 18.9. The molecule has 7 heteroatoms. The van der Waals surface area contributed by atoms with Crippen LogP contribution in [0.3, 0.4) is 0 Å². The lowest BCUT2D eigenvalue weighted by Crippen LogP contribution is -2.70. The van der Waals surface area contributed by atoms with Crippen molar-refractivity contribution < 1.29 is 19.1 Å². The lowest BCUT2D eigenvalue weighted by molar-refractivity contribution is -0.163. The maximum Gasteiger partial charge on any atom is 0.330 e. The molecule has 3 atom stereocenters. The molecule has 26 heavy (non-hydrogen) atoms. The molecule has 0 unspecified atom stereocenters. The highest BCUT2D eigenvalue weighted by Crippen LogP contribution is 2.51. The van der Waals surface area contributed by atoms with Crippen LogP contribution in [-0.2, 0) is 25.5 Å². The van der Waals surface area contributed by atoms with Gasteiger partial charge in [0, 0.05) is 4.75 Å². The van der Waals surface area contributed by atoms with Crippen LogP contribution < -0.4 is 5.32 Å². The van der Waals surface area contributed by atoms with Gasteiger partial charge in [0.2, 0.25) is 11.8 Å². The van der Waals surface area contributed by atoms with Gasteiger partial charge in [0.1, 0.15) is 24.1 Å². The van der Waals surface area contributed by atoms with Gasteiger partial charge in [-0.2, -0.15) is 0 Å². The van der Waals surface area contributed by atoms with Crippen molar-refractivity contribution in [3.05, 3.63) is 48.6 Å². The second kappa shape index (κ2) is 7.15. The van der Waals surface area contributed by atoms with Crippen molar-refractivity contribution in [2.24, 2.45) is 0 Å². The predicted molar refractivity (Wildman–Crippen MR) is 99.3 cm³/mol. The first-order valence-corrected chi connectivity index (χ1v) is 9.34. The Morgan fingerprint density at radius 2 is 2.04 bits per heavy atom. The van der Waals surface area contributed by atoms with Gasteiger partial charge in [-0.05, 0) is 19.4 Å². The van der Waals surface area contributed by atoms with Gasteiger partial charge in [0.05, 0.1) is 6.42 Å². The fraction of sp³-hybridized carbons (Fsp3) is 0.421. The molecule has 0 saturated carbocycles. The third kappa shape index (κ3) is 3.35. The monoisotopic (exact) mass is 374 g/mol. The SMILES string of the molecule is C=CCOC(=O)[C@@H]1N2C(=O)[C@@H](NC(=O)Cc3ccccc3)[C@H]2SC1(C)C. The van der Waals surface area contributed by atoms with Gasteiger partial charge in [0.15, 0.2) is 0 Å². The van der Waals surface area contributed by atoms with Gasteiger partial charge >= 0.3 is 5.97 Å². The normalized spacial score (nSPS) is 25.8. The summed E-state index contributed by atoms with van der Waals surface area (Å²) in [5.41, 5.74) is 0.888. The third-order valence-corrected chi connectivity index (χ3v) is 6.10. The largest absolute Gasteiger partial charge is 0.460 e. The summed E-state index contributed by atoms with van der Waals surface area (Å²) in [6.07, 6.45) is 1.71. The number of thioether (sulfide) groups is 1. The highest BCUT2D eigenvalue weighted by molar-refractivity contribution is 8.01. The minimum Gasteiger partial charge on any atom is -0.460 e. The van der Waals surface area contributed by atoms with Gasteiger partial charge in [-0.15, -0.1) is 11.8 Å². The fourth-order valence-electron chi connectivity index (χ4n) is 3.35. The molecular weight excluding hydrogens is 352 g/mol. The highest BCUT2D eigenvalue weighted by atomic mass is 32.2. The van der Waals surface area contributed by atoms with Gasteiger partial charge in [-0.1, -0.05) is 43.0 Å². The van der Waals surface area contributed by atoms with E-state index in [2.05, 4.69) is 11.9 Å². The Hall–Kier alpha value is -2.28. The molecule has 1 N–H and O–H groups in total. The van der Waals surface area contributed by atoms with E-state index in [1.54, 1.807) is 0 Å². The van der Waals surface area contributed by atoms with E-state index in [1.165, 1.54) is 22.7 Å². The van der Waals surface area contributed by atoms with Crippen LogP contribution in [-0.4, -0.2) is 51.5 Å². The van der Waals surface area contributed by atoms with Crippen molar-refractivity contribution in [2.45, 2.75) is 42.5 Å². The standard InChI is InChI=1S/C19H22N2O4S/c1-4-10-25-18(24)15-19(2,3)26-17-14(16(23)21(15)17)20-13(22)11-12-8-6-5-7-9-12/h4-9,14-15,17H,1,10-11H2,2-3H3,(H,20,22)/t14-,15+,17-/m1/s1. The number of rotatable bonds is 6. The number of nitrogens with one attached hydrogen (secondary N) is 1. The summed E-state index contributed by atoms with van der Waals surface area (Å²) in [7, 11) is 0. The van der Waals surface area contributed by atoms with Crippen LogP contribution in [0, 0.1) is 0 Å². The first kappa shape index (κ1) is 18.5. The van der Waals surface area contributed by atoms with Crippen molar-refractivity contribution in [3.63, 3.8) is 0 Å². The molecule has 2 heterocycles. The highest BCUT2D eigenvalue weighted by Gasteiger charge is 2.64. The summed E-state index contributed by atoms with van der Waals surface area (Å²) in [6, 6.07) is 8.10. The van der Waals surface area contributed by atoms with Crippen molar-refractivity contribution in [1.29, 1.82) is 0 Å². The van der Waals surface area contributed by atoms with E-state index in [-0.39, 0.29) is 30.2 Å². The third-order valence-electron chi connectivity index (χ3n) is 4.53. The van der Waals surface area contributed by atoms with Gasteiger partial charge in [0.25, 0.3) is 0 Å². The maximum absolute atomic E-state index is 12.6. The summed E-state index contributed by atoms with van der Waals surface area (Å²) in [5.74, 6) is -0.882. The molecule has 1 aromatic carbocycles. The number of hydrogen-bond donors (Lipinski definition) is 1. The topological polar surface area (TPSA) is 75.7 Å². The van der Waals surface area contributed by atoms with E-state index in [9.17, 15) is 14.4 Å². The van der Waals surface area contributed by atoms with E-state index in [0.717, 1.165) is 5.56 Å². The Morgan fingerprint density at radius 3 is 2.69 bits per heavy atom. The van der Waals surface area contributed by atoms with Crippen LogP contribution in [0.5, 0.6) is 0 Å². The zero-order valence-electron chi connectivity index (χ0n) is 14.8. The van der Waals surface area contributed by atoms with E-state index in [4.69, 9.17) is 4.74 Å². The molecule has 2 aliphatic rings. The zero-order valence-corrected chi connectivity index (χ0v) is 15.6. The molecule has 2 fully saturated rings. The molecular formula is C19H22N2O4S. The van der Waals surface area contributed by atoms with Crippen LogP contribution in [0.4, 0.5) is 0 Å². The smallest absolute Gasteiger partial charge is 0.330 e. The molecule has 0 radical (unpaired) electrons. The van der Waals surface area contributed by atoms with E-state index in [1.807, 2.05) is 44.2 Å². The van der Waals surface area contributed by atoms with Crippen LogP contribution in [0.1, 0.15) is 19.4 Å². The number of benzene rings is 1. The fourth-order valence-corrected chi connectivity index (χ4v) is 4.97. The molecule has 138 valence electrons. The van der Waals surface area contributed by atoms with Gasteiger partial charge in [-0.3, -0.25) is 9.59 Å². The van der Waals surface area contributed by atoms with E-state index < -0.39 is 22.8 Å². The number of β-lactam (4-membered cyclic amide) rings is 1. The number of nitrogens with zero attached hydrogens (tertiary/aromatic N) is 1. The molecule has 0 aliphatic carbocycles.